The van der Waals surface area contributed by atoms with Crippen LogP contribution in [-0.2, 0) is 16.4 Å². The van der Waals surface area contributed by atoms with E-state index in [0.717, 1.165) is 48.8 Å². The maximum absolute atomic E-state index is 12.5. The third kappa shape index (κ3) is 4.43. The Kier molecular flexibility index (Phi) is 5.88. The van der Waals surface area contributed by atoms with Crippen LogP contribution in [0.25, 0.3) is 22.8 Å². The third-order valence-corrected chi connectivity index (χ3v) is 8.12. The first-order valence-corrected chi connectivity index (χ1v) is 13.1. The molecule has 176 valence electrons. The van der Waals surface area contributed by atoms with Gasteiger partial charge in [-0.1, -0.05) is 23.4 Å². The van der Waals surface area contributed by atoms with Crippen molar-refractivity contribution in [2.45, 2.75) is 63.3 Å². The largest absolute Gasteiger partial charge is 0.490 e. The second-order valence-electron chi connectivity index (χ2n) is 9.09. The zero-order valence-electron chi connectivity index (χ0n) is 19.1. The summed E-state index contributed by atoms with van der Waals surface area (Å²) in [5, 5.41) is 13.5. The van der Waals surface area contributed by atoms with Crippen LogP contribution in [0.3, 0.4) is 0 Å². The summed E-state index contributed by atoms with van der Waals surface area (Å²) in [5.74, 6) is 1.26. The number of nitrogens with zero attached hydrogens (tertiary/aromatic N) is 3. The Morgan fingerprint density at radius 3 is 2.76 bits per heavy atom. The molecule has 1 atom stereocenters. The monoisotopic (exact) mass is 478 g/mol. The van der Waals surface area contributed by atoms with E-state index in [1.807, 2.05) is 32.0 Å². The molecule has 0 aliphatic heterocycles. The molecule has 2 aromatic carbocycles. The van der Waals surface area contributed by atoms with Crippen LogP contribution in [0.2, 0.25) is 0 Å². The minimum atomic E-state index is -3.29. The third-order valence-electron chi connectivity index (χ3n) is 6.15. The lowest BCUT2D eigenvalue weighted by Gasteiger charge is -2.27. The Hall–Kier alpha value is -3.22. The molecule has 5 rings (SSSR count). The number of nitrogens with one attached hydrogen (secondary N) is 1. The lowest BCUT2D eigenvalue weighted by molar-refractivity contribution is 0.241. The van der Waals surface area contributed by atoms with Crippen LogP contribution in [0.15, 0.2) is 40.9 Å². The summed E-state index contributed by atoms with van der Waals surface area (Å²) in [6.07, 6.45) is 3.88. The van der Waals surface area contributed by atoms with Crippen molar-refractivity contribution in [3.63, 3.8) is 0 Å². The Labute approximate surface area is 199 Å². The Morgan fingerprint density at radius 2 is 2.03 bits per heavy atom. The van der Waals surface area contributed by atoms with Crippen LogP contribution in [-0.4, -0.2) is 29.9 Å². The van der Waals surface area contributed by atoms with Gasteiger partial charge < -0.3 is 9.26 Å². The van der Waals surface area contributed by atoms with Gasteiger partial charge in [0.2, 0.25) is 15.8 Å². The Bertz CT molecular complexity index is 1370. The zero-order valence-corrected chi connectivity index (χ0v) is 19.9. The van der Waals surface area contributed by atoms with Gasteiger partial charge in [-0.15, -0.1) is 0 Å². The van der Waals surface area contributed by atoms with Crippen molar-refractivity contribution in [3.05, 3.63) is 53.1 Å². The normalized spacial score (nSPS) is 17.9. The Balaban J connectivity index is 1.45. The minimum Gasteiger partial charge on any atom is -0.490 e. The number of nitriles is 1. The van der Waals surface area contributed by atoms with E-state index < -0.39 is 10.0 Å². The highest BCUT2D eigenvalue weighted by Crippen LogP contribution is 2.38. The molecule has 0 spiro atoms. The van der Waals surface area contributed by atoms with E-state index in [1.165, 1.54) is 0 Å². The molecule has 0 unspecified atom stereocenters. The van der Waals surface area contributed by atoms with Crippen LogP contribution in [0, 0.1) is 11.3 Å². The minimum absolute atomic E-state index is 0.0465. The van der Waals surface area contributed by atoms with Gasteiger partial charge in [0.1, 0.15) is 11.8 Å². The van der Waals surface area contributed by atoms with Gasteiger partial charge in [0.25, 0.3) is 5.89 Å². The summed E-state index contributed by atoms with van der Waals surface area (Å²) in [5.41, 5.74) is 3.88. The molecule has 0 radical (unpaired) electrons. The summed E-state index contributed by atoms with van der Waals surface area (Å²) >= 11 is 0. The lowest BCUT2D eigenvalue weighted by Crippen LogP contribution is -2.33. The molecule has 0 amide bonds. The second kappa shape index (κ2) is 8.85. The molecule has 1 aromatic heterocycles. The predicted octanol–water partition coefficient (Wildman–Crippen LogP) is 4.52. The van der Waals surface area contributed by atoms with Crippen molar-refractivity contribution < 1.29 is 17.7 Å². The number of ether oxygens (including phenoxy) is 1. The molecule has 2 aliphatic rings. The van der Waals surface area contributed by atoms with E-state index in [0.29, 0.717) is 28.6 Å². The molecule has 1 fully saturated rings. The smallest absolute Gasteiger partial charge is 0.258 e. The summed E-state index contributed by atoms with van der Waals surface area (Å²) < 4.78 is 39.2. The maximum Gasteiger partial charge on any atom is 0.258 e. The number of aromatic nitrogens is 2. The second-order valence-corrected chi connectivity index (χ2v) is 11.1. The zero-order chi connectivity index (χ0) is 23.9. The van der Waals surface area contributed by atoms with Gasteiger partial charge in [-0.3, -0.25) is 0 Å². The van der Waals surface area contributed by atoms with Crippen molar-refractivity contribution in [2.75, 3.05) is 0 Å². The topological polar surface area (TPSA) is 118 Å². The number of rotatable bonds is 7. The maximum atomic E-state index is 12.5. The van der Waals surface area contributed by atoms with Gasteiger partial charge in [-0.05, 0) is 75.3 Å². The Morgan fingerprint density at radius 1 is 1.21 bits per heavy atom. The standard InChI is InChI=1S/C25H26N4O4S/c1-15(2)32-23-12-9-16(13-17(23)14-26)25-27-24(28-33-25)21-7-3-6-20-19(21)5-4-8-22(20)29-34(30,31)18-10-11-18/h3,6-7,9,12-13,15,18,22,29H,4-5,8,10-11H2,1-2H3/t22-/m1/s1. The van der Waals surface area contributed by atoms with Gasteiger partial charge in [-0.2, -0.15) is 10.2 Å². The van der Waals surface area contributed by atoms with Crippen LogP contribution in [0.5, 0.6) is 5.75 Å². The molecule has 3 aromatic rings. The molecule has 1 heterocycles. The van der Waals surface area contributed by atoms with E-state index in [-0.39, 0.29) is 17.4 Å². The highest BCUT2D eigenvalue weighted by Gasteiger charge is 2.38. The summed E-state index contributed by atoms with van der Waals surface area (Å²) in [6, 6.07) is 12.9. The van der Waals surface area contributed by atoms with Crippen molar-refractivity contribution in [2.24, 2.45) is 0 Å². The van der Waals surface area contributed by atoms with E-state index in [1.54, 1.807) is 18.2 Å². The lowest BCUT2D eigenvalue weighted by atomic mass is 9.85. The van der Waals surface area contributed by atoms with Crippen LogP contribution in [0.1, 0.15) is 62.3 Å². The number of hydrogen-bond donors (Lipinski definition) is 1. The molecule has 1 saturated carbocycles. The summed E-state index contributed by atoms with van der Waals surface area (Å²) in [6.45, 7) is 3.81. The fourth-order valence-electron chi connectivity index (χ4n) is 4.41. The molecular formula is C25H26N4O4S. The number of fused-ring (bicyclic) bond motifs is 1. The summed E-state index contributed by atoms with van der Waals surface area (Å²) in [4.78, 5) is 4.60. The first kappa shape index (κ1) is 22.6. The van der Waals surface area contributed by atoms with Crippen molar-refractivity contribution in [1.29, 1.82) is 5.26 Å². The van der Waals surface area contributed by atoms with E-state index in [9.17, 15) is 13.7 Å². The van der Waals surface area contributed by atoms with Crippen molar-refractivity contribution >= 4 is 10.0 Å². The molecular weight excluding hydrogens is 452 g/mol. The van der Waals surface area contributed by atoms with E-state index in [2.05, 4.69) is 20.9 Å². The van der Waals surface area contributed by atoms with E-state index >= 15 is 0 Å². The number of sulfonamides is 1. The van der Waals surface area contributed by atoms with Crippen LogP contribution < -0.4 is 9.46 Å². The predicted molar refractivity (Wildman–Crippen MR) is 126 cm³/mol. The summed E-state index contributed by atoms with van der Waals surface area (Å²) in [7, 11) is -3.29. The first-order chi connectivity index (χ1) is 16.4. The molecule has 34 heavy (non-hydrogen) atoms. The first-order valence-electron chi connectivity index (χ1n) is 11.5. The van der Waals surface area contributed by atoms with E-state index in [4.69, 9.17) is 9.26 Å². The molecule has 9 heteroatoms. The molecule has 8 nitrogen and oxygen atoms in total. The molecule has 2 aliphatic carbocycles. The van der Waals surface area contributed by atoms with Gasteiger partial charge >= 0.3 is 0 Å². The van der Waals surface area contributed by atoms with Crippen molar-refractivity contribution in [1.82, 2.24) is 14.9 Å². The fourth-order valence-corrected chi connectivity index (χ4v) is 6.00. The highest BCUT2D eigenvalue weighted by atomic mass is 32.2. The number of hydrogen-bond acceptors (Lipinski definition) is 7. The quantitative estimate of drug-likeness (QED) is 0.530. The van der Waals surface area contributed by atoms with Crippen LogP contribution >= 0.6 is 0 Å². The number of benzene rings is 2. The van der Waals surface area contributed by atoms with Gasteiger partial charge in [0.15, 0.2) is 0 Å². The van der Waals surface area contributed by atoms with Crippen molar-refractivity contribution in [3.8, 4) is 34.7 Å². The molecule has 0 saturated heterocycles. The molecule has 1 N–H and O–H groups in total. The van der Waals surface area contributed by atoms with Crippen LogP contribution in [0.4, 0.5) is 0 Å². The van der Waals surface area contributed by atoms with Gasteiger partial charge in [-0.25, -0.2) is 13.1 Å². The highest BCUT2D eigenvalue weighted by molar-refractivity contribution is 7.90. The molecule has 0 bridgehead atoms. The van der Waals surface area contributed by atoms with Gasteiger partial charge in [0.05, 0.1) is 16.9 Å². The average Bonchev–Trinajstić information content (AvgIpc) is 3.57. The van der Waals surface area contributed by atoms with Gasteiger partial charge in [0, 0.05) is 17.2 Å². The average molecular weight is 479 g/mol. The SMILES string of the molecule is CC(C)Oc1ccc(-c2nc(-c3cccc4c3CCC[C@H]4NS(=O)(=O)C3CC3)no2)cc1C#N. The fraction of sp³-hybridized carbons (Fsp3) is 0.400.